The van der Waals surface area contributed by atoms with Gasteiger partial charge in [-0.1, -0.05) is 32.0 Å². The first-order chi connectivity index (χ1) is 9.47. The first-order valence-electron chi connectivity index (χ1n) is 6.21. The largest absolute Gasteiger partial charge is 0.326 e. The lowest BCUT2D eigenvalue weighted by Crippen LogP contribution is -2.27. The first kappa shape index (κ1) is 13.8. The number of carbonyl (C=O) groups is 1. The monoisotopic (exact) mass is 273 g/mol. The number of amides is 1. The number of aromatic nitrogens is 2. The van der Waals surface area contributed by atoms with Crippen LogP contribution in [0.25, 0.3) is 0 Å². The second-order valence-electron chi connectivity index (χ2n) is 4.70. The molecule has 0 bridgehead atoms. The van der Waals surface area contributed by atoms with Crippen LogP contribution in [-0.4, -0.2) is 15.9 Å². The molecule has 2 rings (SSSR count). The van der Waals surface area contributed by atoms with Crippen molar-refractivity contribution in [3.63, 3.8) is 0 Å². The number of benzene rings is 1. The molecule has 3 N–H and O–H groups in total. The summed E-state index contributed by atoms with van der Waals surface area (Å²) in [5.41, 5.74) is 0.245. The van der Waals surface area contributed by atoms with Gasteiger partial charge in [0, 0.05) is 11.8 Å². The minimum Gasteiger partial charge on any atom is -0.320 e. The van der Waals surface area contributed by atoms with Crippen molar-refractivity contribution >= 4 is 11.6 Å². The Morgan fingerprint density at radius 2 is 1.85 bits per heavy atom. The number of anilines is 1. The Morgan fingerprint density at radius 3 is 2.50 bits per heavy atom. The van der Waals surface area contributed by atoms with E-state index in [9.17, 15) is 14.4 Å². The Hall–Kier alpha value is -2.63. The van der Waals surface area contributed by atoms with Gasteiger partial charge in [-0.25, -0.2) is 4.79 Å². The van der Waals surface area contributed by atoms with Crippen LogP contribution in [-0.2, 0) is 0 Å². The molecule has 0 aliphatic rings. The summed E-state index contributed by atoms with van der Waals surface area (Å²) in [4.78, 5) is 38.7. The predicted molar refractivity (Wildman–Crippen MR) is 76.2 cm³/mol. The zero-order chi connectivity index (χ0) is 14.7. The highest BCUT2D eigenvalue weighted by Crippen LogP contribution is 2.23. The van der Waals surface area contributed by atoms with E-state index >= 15 is 0 Å². The smallest absolute Gasteiger partial charge is 0.320 e. The predicted octanol–water partition coefficient (Wildman–Crippen LogP) is 1.44. The molecule has 1 heterocycles. The van der Waals surface area contributed by atoms with Gasteiger partial charge in [-0.3, -0.25) is 14.6 Å². The molecule has 0 saturated carbocycles. The number of hydrogen-bond acceptors (Lipinski definition) is 3. The van der Waals surface area contributed by atoms with Crippen molar-refractivity contribution in [1.29, 1.82) is 0 Å². The van der Waals surface area contributed by atoms with Crippen molar-refractivity contribution in [1.82, 2.24) is 9.97 Å². The first-order valence-corrected chi connectivity index (χ1v) is 6.21. The second kappa shape index (κ2) is 5.56. The molecule has 20 heavy (non-hydrogen) atoms. The van der Waals surface area contributed by atoms with Crippen molar-refractivity contribution in [2.45, 2.75) is 19.8 Å². The van der Waals surface area contributed by atoms with Crippen molar-refractivity contribution in [3.8, 4) is 0 Å². The highest BCUT2D eigenvalue weighted by molar-refractivity contribution is 6.03. The van der Waals surface area contributed by atoms with Gasteiger partial charge in [0.15, 0.2) is 0 Å². The third-order valence-corrected chi connectivity index (χ3v) is 2.84. The fraction of sp³-hybridized carbons (Fsp3) is 0.214. The molecule has 0 saturated heterocycles. The molecule has 0 spiro atoms. The van der Waals surface area contributed by atoms with Crippen LogP contribution in [0.4, 0.5) is 5.69 Å². The molecule has 1 aromatic heterocycles. The summed E-state index contributed by atoms with van der Waals surface area (Å²) in [7, 11) is 0. The van der Waals surface area contributed by atoms with E-state index in [0.29, 0.717) is 5.69 Å². The number of nitrogens with one attached hydrogen (secondary N) is 3. The van der Waals surface area contributed by atoms with Gasteiger partial charge in [-0.15, -0.1) is 0 Å². The minimum atomic E-state index is -0.709. The number of para-hydroxylation sites is 1. The average molecular weight is 273 g/mol. The van der Waals surface area contributed by atoms with Gasteiger partial charge in [0.1, 0.15) is 5.69 Å². The van der Waals surface area contributed by atoms with Crippen molar-refractivity contribution < 1.29 is 4.79 Å². The summed E-state index contributed by atoms with van der Waals surface area (Å²) < 4.78 is 0. The molecule has 1 aromatic carbocycles. The van der Waals surface area contributed by atoms with E-state index in [1.807, 2.05) is 37.0 Å². The Kier molecular flexibility index (Phi) is 3.84. The van der Waals surface area contributed by atoms with E-state index in [-0.39, 0.29) is 11.6 Å². The Morgan fingerprint density at radius 1 is 1.15 bits per heavy atom. The third-order valence-electron chi connectivity index (χ3n) is 2.84. The summed E-state index contributed by atoms with van der Waals surface area (Å²) in [6.45, 7) is 4.03. The van der Waals surface area contributed by atoms with Crippen LogP contribution in [0, 0.1) is 0 Å². The van der Waals surface area contributed by atoms with Crippen LogP contribution < -0.4 is 16.6 Å². The topological polar surface area (TPSA) is 94.8 Å². The molecule has 0 atom stereocenters. The molecule has 0 aliphatic heterocycles. The molecular formula is C14H15N3O3. The van der Waals surface area contributed by atoms with Gasteiger partial charge >= 0.3 is 5.69 Å². The molecule has 0 fully saturated rings. The maximum absolute atomic E-state index is 12.1. The van der Waals surface area contributed by atoms with Crippen LogP contribution in [0.1, 0.15) is 35.8 Å². The van der Waals surface area contributed by atoms with E-state index in [1.165, 1.54) is 0 Å². The maximum atomic E-state index is 12.1. The van der Waals surface area contributed by atoms with E-state index in [0.717, 1.165) is 11.6 Å². The fourth-order valence-electron chi connectivity index (χ4n) is 1.89. The van der Waals surface area contributed by atoms with E-state index in [2.05, 4.69) is 10.3 Å². The summed E-state index contributed by atoms with van der Waals surface area (Å²) in [6.07, 6.45) is 0. The number of aromatic amines is 2. The van der Waals surface area contributed by atoms with Gasteiger partial charge in [0.05, 0.1) is 0 Å². The molecule has 0 radical (unpaired) electrons. The molecule has 6 heteroatoms. The maximum Gasteiger partial charge on any atom is 0.326 e. The van der Waals surface area contributed by atoms with Crippen LogP contribution in [0.3, 0.4) is 0 Å². The van der Waals surface area contributed by atoms with Crippen molar-refractivity contribution in [3.05, 3.63) is 62.4 Å². The molecule has 1 amide bonds. The zero-order valence-electron chi connectivity index (χ0n) is 11.2. The molecular weight excluding hydrogens is 258 g/mol. The zero-order valence-corrected chi connectivity index (χ0v) is 11.2. The minimum absolute atomic E-state index is 0.0719. The Labute approximate surface area is 114 Å². The SMILES string of the molecule is CC(C)c1ccccc1NC(=O)c1cc(=O)[nH]c(=O)[nH]1. The standard InChI is InChI=1S/C14H15N3O3/c1-8(2)9-5-3-4-6-10(9)15-13(19)11-7-12(18)17-14(20)16-11/h3-8H,1-2H3,(H,15,19)(H2,16,17,18,20). The van der Waals surface area contributed by atoms with Crippen molar-refractivity contribution in [2.24, 2.45) is 0 Å². The normalized spacial score (nSPS) is 10.6. The molecule has 2 aromatic rings. The van der Waals surface area contributed by atoms with Gasteiger partial charge in [-0.05, 0) is 17.5 Å². The summed E-state index contributed by atoms with van der Waals surface area (Å²) in [6, 6.07) is 8.44. The van der Waals surface area contributed by atoms with Gasteiger partial charge in [0.2, 0.25) is 0 Å². The Balaban J connectivity index is 2.33. The molecule has 0 aliphatic carbocycles. The number of rotatable bonds is 3. The summed E-state index contributed by atoms with van der Waals surface area (Å²) >= 11 is 0. The van der Waals surface area contributed by atoms with Gasteiger partial charge in [-0.2, -0.15) is 0 Å². The van der Waals surface area contributed by atoms with Crippen LogP contribution >= 0.6 is 0 Å². The number of hydrogen-bond donors (Lipinski definition) is 3. The highest BCUT2D eigenvalue weighted by atomic mass is 16.2. The van der Waals surface area contributed by atoms with E-state index in [4.69, 9.17) is 0 Å². The average Bonchev–Trinajstić information content (AvgIpc) is 2.37. The van der Waals surface area contributed by atoms with Crippen LogP contribution in [0.5, 0.6) is 0 Å². The summed E-state index contributed by atoms with van der Waals surface area (Å²) in [5, 5.41) is 2.70. The molecule has 6 nitrogen and oxygen atoms in total. The lowest BCUT2D eigenvalue weighted by molar-refractivity contribution is 0.102. The van der Waals surface area contributed by atoms with Gasteiger partial charge < -0.3 is 10.3 Å². The summed E-state index contributed by atoms with van der Waals surface area (Å²) in [5.74, 6) is -0.286. The van der Waals surface area contributed by atoms with E-state index in [1.54, 1.807) is 6.07 Å². The lowest BCUT2D eigenvalue weighted by Gasteiger charge is -2.13. The quantitative estimate of drug-likeness (QED) is 0.789. The molecule has 0 unspecified atom stereocenters. The van der Waals surface area contributed by atoms with E-state index < -0.39 is 17.2 Å². The lowest BCUT2D eigenvalue weighted by atomic mass is 10.0. The third kappa shape index (κ3) is 3.03. The fourth-order valence-corrected chi connectivity index (χ4v) is 1.89. The van der Waals surface area contributed by atoms with Crippen LogP contribution in [0.2, 0.25) is 0 Å². The van der Waals surface area contributed by atoms with Crippen LogP contribution in [0.15, 0.2) is 39.9 Å². The Bertz CT molecular complexity index is 715. The van der Waals surface area contributed by atoms with Gasteiger partial charge in [0.25, 0.3) is 11.5 Å². The highest BCUT2D eigenvalue weighted by Gasteiger charge is 2.12. The van der Waals surface area contributed by atoms with Crippen molar-refractivity contribution in [2.75, 3.05) is 5.32 Å². The second-order valence-corrected chi connectivity index (χ2v) is 4.70. The number of H-pyrrole nitrogens is 2. The molecule has 104 valence electrons. The number of carbonyl (C=O) groups excluding carboxylic acids is 1.